The smallest absolute Gasteiger partial charge is 0.368 e. The fourth-order valence-electron chi connectivity index (χ4n) is 1.38. The van der Waals surface area contributed by atoms with Gasteiger partial charge in [0, 0.05) is 25.0 Å². The summed E-state index contributed by atoms with van der Waals surface area (Å²) in [5.74, 6) is -1.07. The van der Waals surface area contributed by atoms with Gasteiger partial charge < -0.3 is 10.3 Å². The van der Waals surface area contributed by atoms with Gasteiger partial charge in [-0.15, -0.1) is 0 Å². The standard InChI is InChI=1S/C9H7ClF3N5/c1-18-6(10)5(17-7(18)9(11,12)13)4-2-15-8(14)16-3-4/h2-3H,1H3,(H2,14,15,16). The second kappa shape index (κ2) is 4.13. The highest BCUT2D eigenvalue weighted by Crippen LogP contribution is 2.34. The molecule has 0 spiro atoms. The molecule has 0 saturated heterocycles. The minimum absolute atomic E-state index is 0.0156. The van der Waals surface area contributed by atoms with Gasteiger partial charge in [-0.25, -0.2) is 15.0 Å². The van der Waals surface area contributed by atoms with Crippen LogP contribution in [0.25, 0.3) is 11.3 Å². The largest absolute Gasteiger partial charge is 0.449 e. The lowest BCUT2D eigenvalue weighted by Crippen LogP contribution is -2.12. The average molecular weight is 278 g/mol. The van der Waals surface area contributed by atoms with E-state index in [1.807, 2.05) is 0 Å². The first-order valence-electron chi connectivity index (χ1n) is 4.68. The van der Waals surface area contributed by atoms with Crippen molar-refractivity contribution >= 4 is 17.5 Å². The van der Waals surface area contributed by atoms with Crippen LogP contribution >= 0.6 is 11.6 Å². The van der Waals surface area contributed by atoms with E-state index in [4.69, 9.17) is 17.3 Å². The summed E-state index contributed by atoms with van der Waals surface area (Å²) in [6.07, 6.45) is -2.06. The van der Waals surface area contributed by atoms with E-state index in [1.54, 1.807) is 0 Å². The molecule has 0 aromatic carbocycles. The fourth-order valence-corrected chi connectivity index (χ4v) is 1.61. The van der Waals surface area contributed by atoms with E-state index in [1.165, 1.54) is 19.4 Å². The molecule has 96 valence electrons. The predicted molar refractivity (Wildman–Crippen MR) is 58.7 cm³/mol. The molecule has 0 bridgehead atoms. The molecule has 2 heterocycles. The summed E-state index contributed by atoms with van der Waals surface area (Å²) in [7, 11) is 1.18. The van der Waals surface area contributed by atoms with Crippen molar-refractivity contribution in [1.82, 2.24) is 19.5 Å². The number of nitrogens with zero attached hydrogens (tertiary/aromatic N) is 4. The monoisotopic (exact) mass is 277 g/mol. The molecule has 0 radical (unpaired) electrons. The van der Waals surface area contributed by atoms with Crippen molar-refractivity contribution in [3.63, 3.8) is 0 Å². The first kappa shape index (κ1) is 12.6. The summed E-state index contributed by atoms with van der Waals surface area (Å²) in [5, 5.41) is -0.143. The molecular formula is C9H7ClF3N5. The fraction of sp³-hybridized carbons (Fsp3) is 0.222. The van der Waals surface area contributed by atoms with E-state index in [2.05, 4.69) is 15.0 Å². The van der Waals surface area contributed by atoms with Gasteiger partial charge in [0.15, 0.2) is 0 Å². The molecular weight excluding hydrogens is 271 g/mol. The number of hydrogen-bond acceptors (Lipinski definition) is 4. The van der Waals surface area contributed by atoms with Crippen LogP contribution in [-0.4, -0.2) is 19.5 Å². The predicted octanol–water partition coefficient (Wildman–Crippen LogP) is 2.13. The summed E-state index contributed by atoms with van der Waals surface area (Å²) in [6.45, 7) is 0. The molecule has 2 aromatic rings. The Morgan fingerprint density at radius 2 is 1.83 bits per heavy atom. The molecule has 0 aliphatic rings. The Balaban J connectivity index is 2.56. The van der Waals surface area contributed by atoms with Gasteiger partial charge in [0.05, 0.1) is 0 Å². The van der Waals surface area contributed by atoms with E-state index >= 15 is 0 Å². The minimum atomic E-state index is -4.58. The molecule has 0 atom stereocenters. The zero-order valence-electron chi connectivity index (χ0n) is 9.03. The van der Waals surface area contributed by atoms with Crippen LogP contribution in [0.4, 0.5) is 19.1 Å². The van der Waals surface area contributed by atoms with E-state index in [0.717, 1.165) is 4.57 Å². The SMILES string of the molecule is Cn1c(C(F)(F)F)nc(-c2cnc(N)nc2)c1Cl. The van der Waals surface area contributed by atoms with Crippen molar-refractivity contribution in [2.45, 2.75) is 6.18 Å². The quantitative estimate of drug-likeness (QED) is 0.867. The number of hydrogen-bond donors (Lipinski definition) is 1. The Labute approximate surface area is 104 Å². The third kappa shape index (κ3) is 2.10. The van der Waals surface area contributed by atoms with Gasteiger partial charge in [-0.3, -0.25) is 0 Å². The van der Waals surface area contributed by atoms with Crippen molar-refractivity contribution in [3.05, 3.63) is 23.4 Å². The normalized spacial score (nSPS) is 11.8. The van der Waals surface area contributed by atoms with Crippen LogP contribution in [0.15, 0.2) is 12.4 Å². The molecule has 2 N–H and O–H groups in total. The second-order valence-electron chi connectivity index (χ2n) is 3.46. The zero-order chi connectivity index (χ0) is 13.5. The highest BCUT2D eigenvalue weighted by Gasteiger charge is 2.38. The van der Waals surface area contributed by atoms with Crippen LogP contribution in [0.2, 0.25) is 5.15 Å². The van der Waals surface area contributed by atoms with Gasteiger partial charge in [-0.1, -0.05) is 11.6 Å². The van der Waals surface area contributed by atoms with Crippen molar-refractivity contribution in [3.8, 4) is 11.3 Å². The average Bonchev–Trinajstić information content (AvgIpc) is 2.57. The van der Waals surface area contributed by atoms with Crippen LogP contribution in [0.5, 0.6) is 0 Å². The Bertz CT molecular complexity index is 575. The summed E-state index contributed by atoms with van der Waals surface area (Å²) in [6, 6.07) is 0. The van der Waals surface area contributed by atoms with E-state index < -0.39 is 12.0 Å². The molecule has 0 saturated carbocycles. The maximum atomic E-state index is 12.6. The molecule has 0 unspecified atom stereocenters. The molecule has 0 amide bonds. The lowest BCUT2D eigenvalue weighted by molar-refractivity contribution is -0.146. The second-order valence-corrected chi connectivity index (χ2v) is 3.82. The molecule has 18 heavy (non-hydrogen) atoms. The Hall–Kier alpha value is -1.83. The number of anilines is 1. The molecule has 2 aromatic heterocycles. The summed E-state index contributed by atoms with van der Waals surface area (Å²) in [4.78, 5) is 10.8. The first-order chi connectivity index (χ1) is 8.30. The Kier molecular flexibility index (Phi) is 2.89. The number of rotatable bonds is 1. The highest BCUT2D eigenvalue weighted by molar-refractivity contribution is 6.32. The van der Waals surface area contributed by atoms with Crippen molar-refractivity contribution in [2.24, 2.45) is 7.05 Å². The van der Waals surface area contributed by atoms with E-state index in [0.29, 0.717) is 0 Å². The molecule has 5 nitrogen and oxygen atoms in total. The van der Waals surface area contributed by atoms with Crippen LogP contribution in [-0.2, 0) is 13.2 Å². The van der Waals surface area contributed by atoms with Crippen LogP contribution in [0, 0.1) is 0 Å². The lowest BCUT2D eigenvalue weighted by Gasteiger charge is -2.04. The maximum Gasteiger partial charge on any atom is 0.449 e. The number of nitrogens with two attached hydrogens (primary N) is 1. The zero-order valence-corrected chi connectivity index (χ0v) is 9.79. The van der Waals surface area contributed by atoms with Gasteiger partial charge in [-0.05, 0) is 0 Å². The van der Waals surface area contributed by atoms with Gasteiger partial charge in [0.1, 0.15) is 10.8 Å². The van der Waals surface area contributed by atoms with Gasteiger partial charge in [-0.2, -0.15) is 13.2 Å². The molecule has 2 rings (SSSR count). The van der Waals surface area contributed by atoms with E-state index in [9.17, 15) is 13.2 Å². The minimum Gasteiger partial charge on any atom is -0.368 e. The summed E-state index contributed by atoms with van der Waals surface area (Å²) < 4.78 is 38.6. The van der Waals surface area contributed by atoms with Crippen molar-refractivity contribution < 1.29 is 13.2 Å². The summed E-state index contributed by atoms with van der Waals surface area (Å²) >= 11 is 5.81. The van der Waals surface area contributed by atoms with Crippen LogP contribution in [0.1, 0.15) is 5.82 Å². The third-order valence-corrected chi connectivity index (χ3v) is 2.66. The molecule has 0 aliphatic heterocycles. The van der Waals surface area contributed by atoms with Crippen molar-refractivity contribution in [1.29, 1.82) is 0 Å². The number of nitrogen functional groups attached to an aromatic ring is 1. The number of aromatic nitrogens is 4. The Morgan fingerprint density at radius 1 is 1.28 bits per heavy atom. The highest BCUT2D eigenvalue weighted by atomic mass is 35.5. The number of imidazole rings is 1. The molecule has 9 heteroatoms. The van der Waals surface area contributed by atoms with Gasteiger partial charge in [0.2, 0.25) is 11.8 Å². The first-order valence-corrected chi connectivity index (χ1v) is 5.06. The molecule has 0 fully saturated rings. The lowest BCUT2D eigenvalue weighted by atomic mass is 10.3. The van der Waals surface area contributed by atoms with Crippen LogP contribution in [0.3, 0.4) is 0 Å². The number of halogens is 4. The van der Waals surface area contributed by atoms with Crippen molar-refractivity contribution in [2.75, 3.05) is 5.73 Å². The van der Waals surface area contributed by atoms with E-state index in [-0.39, 0.29) is 22.4 Å². The van der Waals surface area contributed by atoms with Crippen LogP contribution < -0.4 is 5.73 Å². The topological polar surface area (TPSA) is 69.6 Å². The maximum absolute atomic E-state index is 12.6. The third-order valence-electron chi connectivity index (χ3n) is 2.22. The Morgan fingerprint density at radius 3 is 2.28 bits per heavy atom. The van der Waals surface area contributed by atoms with Gasteiger partial charge >= 0.3 is 6.18 Å². The number of alkyl halides is 3. The summed E-state index contributed by atoms with van der Waals surface area (Å²) in [5.41, 5.74) is 5.51. The molecule has 0 aliphatic carbocycles. The van der Waals surface area contributed by atoms with Gasteiger partial charge in [0.25, 0.3) is 0 Å².